The molecule has 0 spiro atoms. The van der Waals surface area contributed by atoms with Crippen LogP contribution in [0.5, 0.6) is 5.75 Å². The molecular weight excluding hydrogens is 673 g/mol. The van der Waals surface area contributed by atoms with Crippen LogP contribution < -0.4 is 10.1 Å². The predicted octanol–water partition coefficient (Wildman–Crippen LogP) is 13.8. The minimum absolute atomic E-state index is 0.319. The number of fused-ring (bicyclic) bond motifs is 11. The Morgan fingerprint density at radius 3 is 1.98 bits per heavy atom. The number of rotatable bonds is 4. The Hall–Kier alpha value is -7.30. The standard InChI is InChI=1S/C51H32N2O2/c1-2-11-39(12-3-1)53-44-24-21-37(29-41(44)48-40-13-7-6-9-33(40)20-25-45(48)53)32-14-17-34(18-15-32)51-52-43-23-27-47-49(50(43)55-51)42-30-38(22-26-46(42)54-47)36-19-16-31-8-4-5-10-35(31)28-36/h1-30,51-52H. The zero-order valence-corrected chi connectivity index (χ0v) is 29.7. The Bertz CT molecular complexity index is 3320. The summed E-state index contributed by atoms with van der Waals surface area (Å²) in [5.41, 5.74) is 11.9. The van der Waals surface area contributed by atoms with Crippen molar-refractivity contribution in [3.8, 4) is 33.7 Å². The first-order valence-electron chi connectivity index (χ1n) is 18.8. The average molecular weight is 705 g/mol. The lowest BCUT2D eigenvalue weighted by molar-refractivity contribution is 0.263. The molecule has 4 heteroatoms. The molecule has 0 bridgehead atoms. The number of nitrogens with zero attached hydrogens (tertiary/aromatic N) is 1. The average Bonchev–Trinajstić information content (AvgIpc) is 3.95. The van der Waals surface area contributed by atoms with Crippen LogP contribution in [0.15, 0.2) is 186 Å². The highest BCUT2D eigenvalue weighted by molar-refractivity contribution is 6.22. The van der Waals surface area contributed by atoms with Gasteiger partial charge in [0.1, 0.15) is 11.2 Å². The van der Waals surface area contributed by atoms with Crippen LogP contribution in [0.4, 0.5) is 5.69 Å². The van der Waals surface area contributed by atoms with Gasteiger partial charge in [-0.1, -0.05) is 121 Å². The molecule has 0 aliphatic carbocycles. The maximum Gasteiger partial charge on any atom is 0.196 e. The molecule has 0 amide bonds. The van der Waals surface area contributed by atoms with Crippen molar-refractivity contribution in [2.45, 2.75) is 6.23 Å². The molecule has 12 rings (SSSR count). The van der Waals surface area contributed by atoms with Gasteiger partial charge in [0.05, 0.1) is 22.1 Å². The van der Waals surface area contributed by atoms with Gasteiger partial charge in [0.25, 0.3) is 0 Å². The van der Waals surface area contributed by atoms with Gasteiger partial charge in [0.15, 0.2) is 12.0 Å². The fraction of sp³-hybridized carbons (Fsp3) is 0.0196. The highest BCUT2D eigenvalue weighted by atomic mass is 16.5. The molecule has 0 fully saturated rings. The maximum atomic E-state index is 6.74. The molecule has 1 unspecified atom stereocenters. The van der Waals surface area contributed by atoms with Crippen molar-refractivity contribution in [2.75, 3.05) is 5.32 Å². The number of benzene rings is 9. The van der Waals surface area contributed by atoms with Gasteiger partial charge in [0.2, 0.25) is 0 Å². The molecule has 9 aromatic carbocycles. The van der Waals surface area contributed by atoms with Gasteiger partial charge in [-0.15, -0.1) is 0 Å². The number of para-hydroxylation sites is 1. The Morgan fingerprint density at radius 2 is 1.09 bits per heavy atom. The summed E-state index contributed by atoms with van der Waals surface area (Å²) in [7, 11) is 0. The van der Waals surface area contributed by atoms with E-state index in [1.54, 1.807) is 0 Å². The molecule has 1 aliphatic rings. The van der Waals surface area contributed by atoms with Crippen LogP contribution in [-0.4, -0.2) is 4.57 Å². The van der Waals surface area contributed by atoms with E-state index in [1.807, 2.05) is 6.07 Å². The van der Waals surface area contributed by atoms with E-state index in [0.717, 1.165) is 55.8 Å². The van der Waals surface area contributed by atoms with Crippen LogP contribution in [0.25, 0.3) is 93.2 Å². The van der Waals surface area contributed by atoms with Gasteiger partial charge >= 0.3 is 0 Å². The van der Waals surface area contributed by atoms with Gasteiger partial charge < -0.3 is 19.0 Å². The van der Waals surface area contributed by atoms with E-state index in [4.69, 9.17) is 9.15 Å². The second-order valence-corrected chi connectivity index (χ2v) is 14.5. The number of anilines is 1. The number of nitrogens with one attached hydrogen (secondary N) is 1. The largest absolute Gasteiger partial charge is 0.464 e. The van der Waals surface area contributed by atoms with Crippen molar-refractivity contribution in [3.05, 3.63) is 188 Å². The Morgan fingerprint density at radius 1 is 0.436 bits per heavy atom. The third kappa shape index (κ3) is 4.65. The third-order valence-corrected chi connectivity index (χ3v) is 11.4. The molecule has 0 saturated carbocycles. The molecule has 1 aliphatic heterocycles. The van der Waals surface area contributed by atoms with E-state index in [9.17, 15) is 0 Å². The minimum Gasteiger partial charge on any atom is -0.464 e. The summed E-state index contributed by atoms with van der Waals surface area (Å²) in [6.07, 6.45) is -0.319. The zero-order chi connectivity index (χ0) is 36.0. The van der Waals surface area contributed by atoms with Gasteiger partial charge in [0, 0.05) is 27.4 Å². The van der Waals surface area contributed by atoms with Crippen LogP contribution >= 0.6 is 0 Å². The molecule has 3 heterocycles. The third-order valence-electron chi connectivity index (χ3n) is 11.4. The van der Waals surface area contributed by atoms with Gasteiger partial charge in [-0.3, -0.25) is 0 Å². The van der Waals surface area contributed by atoms with Gasteiger partial charge in [-0.25, -0.2) is 0 Å². The molecule has 4 nitrogen and oxygen atoms in total. The van der Waals surface area contributed by atoms with Crippen LogP contribution in [-0.2, 0) is 0 Å². The van der Waals surface area contributed by atoms with Crippen molar-refractivity contribution in [3.63, 3.8) is 0 Å². The molecule has 0 saturated heterocycles. The Kier molecular flexibility index (Phi) is 6.37. The summed E-state index contributed by atoms with van der Waals surface area (Å²) in [6.45, 7) is 0. The molecule has 258 valence electrons. The number of hydrogen-bond acceptors (Lipinski definition) is 3. The lowest BCUT2D eigenvalue weighted by atomic mass is 9.99. The van der Waals surface area contributed by atoms with Gasteiger partial charge in [-0.2, -0.15) is 0 Å². The lowest BCUT2D eigenvalue weighted by Gasteiger charge is -2.13. The number of aromatic nitrogens is 1. The van der Waals surface area contributed by atoms with Crippen LogP contribution in [0, 0.1) is 0 Å². The predicted molar refractivity (Wildman–Crippen MR) is 227 cm³/mol. The maximum absolute atomic E-state index is 6.74. The fourth-order valence-corrected chi connectivity index (χ4v) is 8.74. The van der Waals surface area contributed by atoms with Crippen LogP contribution in [0.1, 0.15) is 11.8 Å². The quantitative estimate of drug-likeness (QED) is 0.198. The molecule has 0 radical (unpaired) electrons. The van der Waals surface area contributed by atoms with E-state index in [2.05, 4.69) is 186 Å². The molecule has 2 aromatic heterocycles. The normalized spacial score (nSPS) is 13.9. The summed E-state index contributed by atoms with van der Waals surface area (Å²) in [4.78, 5) is 0. The SMILES string of the molecule is c1ccc(-n2c3ccc(-c4ccc(C5Nc6ccc7oc8ccc(-c9ccc%10ccccc%10c9)cc8c7c6O5)cc4)cc3c3c4ccccc4ccc32)cc1. The first-order valence-corrected chi connectivity index (χ1v) is 18.8. The van der Waals surface area contributed by atoms with Crippen molar-refractivity contribution < 1.29 is 9.15 Å². The van der Waals surface area contributed by atoms with Crippen molar-refractivity contribution in [1.82, 2.24) is 4.57 Å². The smallest absolute Gasteiger partial charge is 0.196 e. The highest BCUT2D eigenvalue weighted by Crippen LogP contribution is 2.48. The van der Waals surface area contributed by atoms with Crippen molar-refractivity contribution in [2.24, 2.45) is 0 Å². The van der Waals surface area contributed by atoms with Crippen LogP contribution in [0.2, 0.25) is 0 Å². The van der Waals surface area contributed by atoms with E-state index < -0.39 is 0 Å². The van der Waals surface area contributed by atoms with E-state index in [1.165, 1.54) is 54.5 Å². The first kappa shape index (κ1) is 30.2. The summed E-state index contributed by atoms with van der Waals surface area (Å²) >= 11 is 0. The Labute approximate surface area is 316 Å². The Balaban J connectivity index is 0.902. The number of furan rings is 1. The lowest BCUT2D eigenvalue weighted by Crippen LogP contribution is -2.09. The minimum atomic E-state index is -0.319. The molecule has 55 heavy (non-hydrogen) atoms. The monoisotopic (exact) mass is 704 g/mol. The van der Waals surface area contributed by atoms with Gasteiger partial charge in [-0.05, 0) is 104 Å². The van der Waals surface area contributed by atoms with Crippen molar-refractivity contribution in [1.29, 1.82) is 0 Å². The fourth-order valence-electron chi connectivity index (χ4n) is 8.74. The summed E-state index contributed by atoms with van der Waals surface area (Å²) in [6, 6.07) is 65.1. The second-order valence-electron chi connectivity index (χ2n) is 14.5. The van der Waals surface area contributed by atoms with Crippen molar-refractivity contribution >= 4 is 71.0 Å². The molecule has 11 aromatic rings. The number of ether oxygens (including phenoxy) is 1. The molecule has 1 atom stereocenters. The van der Waals surface area contributed by atoms with Crippen LogP contribution in [0.3, 0.4) is 0 Å². The molecule has 1 N–H and O–H groups in total. The number of hydrogen-bond donors (Lipinski definition) is 1. The second kappa shape index (κ2) is 11.6. The zero-order valence-electron chi connectivity index (χ0n) is 29.7. The summed E-state index contributed by atoms with van der Waals surface area (Å²) in [5, 5.41) is 13.2. The first-order chi connectivity index (χ1) is 27.2. The highest BCUT2D eigenvalue weighted by Gasteiger charge is 2.28. The summed E-state index contributed by atoms with van der Waals surface area (Å²) in [5.74, 6) is 0.827. The topological polar surface area (TPSA) is 39.3 Å². The van der Waals surface area contributed by atoms with E-state index in [0.29, 0.717) is 0 Å². The summed E-state index contributed by atoms with van der Waals surface area (Å²) < 4.78 is 15.5. The molecular formula is C51H32N2O2. The van der Waals surface area contributed by atoms with E-state index >= 15 is 0 Å². The van der Waals surface area contributed by atoms with E-state index in [-0.39, 0.29) is 6.23 Å².